The third-order valence-electron chi connectivity index (χ3n) is 3.11. The molecule has 0 radical (unpaired) electrons. The number of carbonyl (C=O) groups excluding carboxylic acids is 1. The van der Waals surface area contributed by atoms with Crippen LogP contribution < -0.4 is 5.32 Å². The van der Waals surface area contributed by atoms with Crippen molar-refractivity contribution in [1.29, 1.82) is 0 Å². The van der Waals surface area contributed by atoms with Gasteiger partial charge in [-0.25, -0.2) is 0 Å². The van der Waals surface area contributed by atoms with E-state index in [1.165, 1.54) is 11.8 Å². The molecule has 1 aromatic heterocycles. The molecule has 0 aliphatic carbocycles. The zero-order chi connectivity index (χ0) is 17.7. The van der Waals surface area contributed by atoms with Crippen LogP contribution in [0.4, 0.5) is 5.69 Å². The van der Waals surface area contributed by atoms with E-state index in [-0.39, 0.29) is 17.6 Å². The summed E-state index contributed by atoms with van der Waals surface area (Å²) in [6, 6.07) is 5.32. The molecule has 1 amide bonds. The monoisotopic (exact) mass is 428 g/mol. The second-order valence-corrected chi connectivity index (χ2v) is 7.62. The molecule has 24 heavy (non-hydrogen) atoms. The Kier molecular flexibility index (Phi) is 6.89. The third-order valence-corrected chi connectivity index (χ3v) is 4.88. The van der Waals surface area contributed by atoms with Gasteiger partial charge in [-0.2, -0.15) is 0 Å². The second kappa shape index (κ2) is 8.69. The average Bonchev–Trinajstić information content (AvgIpc) is 2.91. The first kappa shape index (κ1) is 19.0. The predicted molar refractivity (Wildman–Crippen MR) is 103 cm³/mol. The number of anilines is 1. The molecule has 128 valence electrons. The summed E-state index contributed by atoms with van der Waals surface area (Å²) in [7, 11) is 0. The van der Waals surface area contributed by atoms with Crippen molar-refractivity contribution in [3.63, 3.8) is 0 Å². The molecule has 0 aliphatic rings. The maximum Gasteiger partial charge on any atom is 0.234 e. The van der Waals surface area contributed by atoms with Gasteiger partial charge in [-0.1, -0.05) is 59.2 Å². The summed E-state index contributed by atoms with van der Waals surface area (Å²) in [6.07, 6.45) is 1.79. The first-order valence-corrected chi connectivity index (χ1v) is 9.49. The minimum atomic E-state index is -0.150. The molecule has 1 aromatic carbocycles. The van der Waals surface area contributed by atoms with Crippen LogP contribution in [0.1, 0.15) is 25.6 Å². The lowest BCUT2D eigenvalue weighted by Gasteiger charge is -2.10. The normalized spacial score (nSPS) is 10.9. The van der Waals surface area contributed by atoms with Crippen molar-refractivity contribution < 1.29 is 4.79 Å². The van der Waals surface area contributed by atoms with Crippen LogP contribution in [0.2, 0.25) is 5.02 Å². The molecule has 2 rings (SSSR count). The lowest BCUT2D eigenvalue weighted by molar-refractivity contribution is -0.113. The highest BCUT2D eigenvalue weighted by molar-refractivity contribution is 9.10. The van der Waals surface area contributed by atoms with Gasteiger partial charge in [0.2, 0.25) is 5.91 Å². The molecule has 8 heteroatoms. The molecule has 1 heterocycles. The van der Waals surface area contributed by atoms with Gasteiger partial charge < -0.3 is 9.88 Å². The number of nitrogens with zero attached hydrogens (tertiary/aromatic N) is 3. The Labute approximate surface area is 159 Å². The first-order valence-electron chi connectivity index (χ1n) is 7.34. The highest BCUT2D eigenvalue weighted by Crippen LogP contribution is 2.26. The minimum Gasteiger partial charge on any atom is -0.324 e. The van der Waals surface area contributed by atoms with Crippen LogP contribution in [-0.4, -0.2) is 26.4 Å². The second-order valence-electron chi connectivity index (χ2n) is 5.36. The number of carbonyl (C=O) groups is 1. The Bertz CT molecular complexity index is 748. The molecule has 0 fully saturated rings. The van der Waals surface area contributed by atoms with Crippen LogP contribution >= 0.6 is 39.3 Å². The number of amides is 1. The van der Waals surface area contributed by atoms with E-state index in [9.17, 15) is 4.79 Å². The molecule has 0 saturated heterocycles. The van der Waals surface area contributed by atoms with Crippen molar-refractivity contribution in [1.82, 2.24) is 14.8 Å². The summed E-state index contributed by atoms with van der Waals surface area (Å²) in [5.74, 6) is 1.21. The molecule has 1 N–H and O–H groups in total. The van der Waals surface area contributed by atoms with E-state index in [1.807, 2.05) is 10.6 Å². The largest absolute Gasteiger partial charge is 0.324 e. The van der Waals surface area contributed by atoms with Crippen molar-refractivity contribution in [3.8, 4) is 0 Å². The van der Waals surface area contributed by atoms with E-state index >= 15 is 0 Å². The molecule has 0 bridgehead atoms. The van der Waals surface area contributed by atoms with Crippen LogP contribution in [-0.2, 0) is 11.3 Å². The summed E-state index contributed by atoms with van der Waals surface area (Å²) in [4.78, 5) is 12.2. The Hall–Kier alpha value is -1.31. The van der Waals surface area contributed by atoms with Gasteiger partial charge in [0, 0.05) is 16.9 Å². The zero-order valence-electron chi connectivity index (χ0n) is 13.4. The number of aromatic nitrogens is 3. The highest BCUT2D eigenvalue weighted by atomic mass is 79.9. The van der Waals surface area contributed by atoms with Gasteiger partial charge in [-0.15, -0.1) is 16.8 Å². The van der Waals surface area contributed by atoms with Gasteiger partial charge in [0.15, 0.2) is 5.16 Å². The van der Waals surface area contributed by atoms with E-state index in [0.29, 0.717) is 22.4 Å². The Morgan fingerprint density at radius 2 is 2.25 bits per heavy atom. The fourth-order valence-corrected chi connectivity index (χ4v) is 3.52. The van der Waals surface area contributed by atoms with Crippen LogP contribution in [0.5, 0.6) is 0 Å². The van der Waals surface area contributed by atoms with Crippen molar-refractivity contribution in [2.24, 2.45) is 0 Å². The van der Waals surface area contributed by atoms with E-state index in [0.717, 1.165) is 10.3 Å². The van der Waals surface area contributed by atoms with E-state index in [1.54, 1.807) is 18.2 Å². The fraction of sp³-hybridized carbons (Fsp3) is 0.312. The SMILES string of the molecule is C=CCn1c(SCC(=O)Nc2ccc(Br)cc2Cl)nnc1C(C)C. The molecule has 0 unspecified atom stereocenters. The minimum absolute atomic E-state index is 0.150. The molecule has 0 atom stereocenters. The summed E-state index contributed by atoms with van der Waals surface area (Å²) >= 11 is 10.8. The van der Waals surface area contributed by atoms with Crippen LogP contribution in [0.25, 0.3) is 0 Å². The summed E-state index contributed by atoms with van der Waals surface area (Å²) in [5, 5.41) is 12.4. The summed E-state index contributed by atoms with van der Waals surface area (Å²) in [5.41, 5.74) is 0.584. The van der Waals surface area contributed by atoms with Gasteiger partial charge in [0.25, 0.3) is 0 Å². The van der Waals surface area contributed by atoms with Crippen LogP contribution in [0, 0.1) is 0 Å². The standard InChI is InChI=1S/C16H18BrClN4OS/c1-4-7-22-15(10(2)3)20-21-16(22)24-9-14(23)19-13-6-5-11(17)8-12(13)18/h4-6,8,10H,1,7,9H2,2-3H3,(H,19,23). The maximum atomic E-state index is 12.2. The number of hydrogen-bond donors (Lipinski definition) is 1. The molecular formula is C16H18BrClN4OS. The lowest BCUT2D eigenvalue weighted by Crippen LogP contribution is -2.15. The third kappa shape index (κ3) is 4.84. The number of rotatable bonds is 7. The van der Waals surface area contributed by atoms with Crippen molar-refractivity contribution in [2.75, 3.05) is 11.1 Å². The molecule has 0 saturated carbocycles. The fourth-order valence-electron chi connectivity index (χ4n) is 2.04. The van der Waals surface area contributed by atoms with Crippen LogP contribution in [0.3, 0.4) is 0 Å². The number of nitrogens with one attached hydrogen (secondary N) is 1. The molecular weight excluding hydrogens is 412 g/mol. The number of benzene rings is 1. The Balaban J connectivity index is 2.02. The lowest BCUT2D eigenvalue weighted by atomic mass is 10.2. The van der Waals surface area contributed by atoms with E-state index in [2.05, 4.69) is 51.9 Å². The molecule has 5 nitrogen and oxygen atoms in total. The topological polar surface area (TPSA) is 59.8 Å². The predicted octanol–water partition coefficient (Wildman–Crippen LogP) is 4.73. The molecule has 0 aliphatic heterocycles. The molecule has 2 aromatic rings. The van der Waals surface area contributed by atoms with E-state index in [4.69, 9.17) is 11.6 Å². The van der Waals surface area contributed by atoms with Crippen molar-refractivity contribution in [3.05, 3.63) is 46.2 Å². The van der Waals surface area contributed by atoms with Crippen molar-refractivity contribution >= 4 is 50.9 Å². The molecule has 0 spiro atoms. The number of thioether (sulfide) groups is 1. The summed E-state index contributed by atoms with van der Waals surface area (Å²) in [6.45, 7) is 8.49. The number of hydrogen-bond acceptors (Lipinski definition) is 4. The number of halogens is 2. The summed E-state index contributed by atoms with van der Waals surface area (Å²) < 4.78 is 2.83. The van der Waals surface area contributed by atoms with Gasteiger partial charge >= 0.3 is 0 Å². The quantitative estimate of drug-likeness (QED) is 0.510. The maximum absolute atomic E-state index is 12.2. The van der Waals surface area contributed by atoms with Gasteiger partial charge in [0.05, 0.1) is 16.5 Å². The zero-order valence-corrected chi connectivity index (χ0v) is 16.6. The van der Waals surface area contributed by atoms with Crippen molar-refractivity contribution in [2.45, 2.75) is 31.5 Å². The van der Waals surface area contributed by atoms with Gasteiger partial charge in [-0.05, 0) is 18.2 Å². The Morgan fingerprint density at radius 3 is 2.88 bits per heavy atom. The highest BCUT2D eigenvalue weighted by Gasteiger charge is 2.16. The average molecular weight is 430 g/mol. The first-order chi connectivity index (χ1) is 11.4. The van der Waals surface area contributed by atoms with Crippen LogP contribution in [0.15, 0.2) is 40.5 Å². The van der Waals surface area contributed by atoms with Gasteiger partial charge in [-0.3, -0.25) is 4.79 Å². The number of allylic oxidation sites excluding steroid dienone is 1. The van der Waals surface area contributed by atoms with Gasteiger partial charge in [0.1, 0.15) is 5.82 Å². The van der Waals surface area contributed by atoms with E-state index < -0.39 is 0 Å². The Morgan fingerprint density at radius 1 is 1.50 bits per heavy atom. The smallest absolute Gasteiger partial charge is 0.234 e.